The van der Waals surface area contributed by atoms with E-state index < -0.39 is 0 Å². The van der Waals surface area contributed by atoms with Crippen molar-refractivity contribution in [2.45, 2.75) is 57.4 Å². The molecule has 3 fully saturated rings. The molecular formula is C16H24N2O3. The molecule has 2 aliphatic carbocycles. The molecule has 21 heavy (non-hydrogen) atoms. The fourth-order valence-electron chi connectivity index (χ4n) is 3.61. The summed E-state index contributed by atoms with van der Waals surface area (Å²) in [7, 11) is 0. The predicted molar refractivity (Wildman–Crippen MR) is 76.9 cm³/mol. The van der Waals surface area contributed by atoms with Gasteiger partial charge in [-0.05, 0) is 38.5 Å². The van der Waals surface area contributed by atoms with Gasteiger partial charge in [-0.3, -0.25) is 4.90 Å². The quantitative estimate of drug-likeness (QED) is 0.832. The van der Waals surface area contributed by atoms with Crippen molar-refractivity contribution in [3.8, 4) is 0 Å². The fraction of sp³-hybridized carbons (Fsp3) is 0.812. The summed E-state index contributed by atoms with van der Waals surface area (Å²) in [6.07, 6.45) is 5.49. The number of hydrogen-bond acceptors (Lipinski definition) is 5. The summed E-state index contributed by atoms with van der Waals surface area (Å²) in [6, 6.07) is 2.49. The van der Waals surface area contributed by atoms with E-state index in [1.165, 1.54) is 12.8 Å². The van der Waals surface area contributed by atoms with Crippen molar-refractivity contribution in [3.63, 3.8) is 0 Å². The molecule has 1 aliphatic heterocycles. The lowest BCUT2D eigenvalue weighted by atomic mass is 10.1. The maximum absolute atomic E-state index is 6.24. The molecule has 1 saturated heterocycles. The van der Waals surface area contributed by atoms with Gasteiger partial charge in [0.05, 0.1) is 24.5 Å². The molecule has 2 saturated carbocycles. The maximum atomic E-state index is 6.24. The van der Waals surface area contributed by atoms with E-state index in [4.69, 9.17) is 14.0 Å². The number of aryl methyl sites for hydroxylation is 1. The highest BCUT2D eigenvalue weighted by Crippen LogP contribution is 2.35. The number of ether oxygens (including phenoxy) is 2. The van der Waals surface area contributed by atoms with Crippen LogP contribution in [0.5, 0.6) is 0 Å². The number of rotatable bonds is 5. The fourth-order valence-corrected chi connectivity index (χ4v) is 3.61. The minimum Gasteiger partial charge on any atom is -0.374 e. The van der Waals surface area contributed by atoms with Crippen LogP contribution in [0.4, 0.5) is 0 Å². The molecule has 1 aromatic heterocycles. The van der Waals surface area contributed by atoms with Gasteiger partial charge >= 0.3 is 0 Å². The lowest BCUT2D eigenvalue weighted by molar-refractivity contribution is -0.0572. The van der Waals surface area contributed by atoms with Gasteiger partial charge in [0.15, 0.2) is 0 Å². The Hall–Kier alpha value is -0.910. The highest BCUT2D eigenvalue weighted by Gasteiger charge is 2.43. The first kappa shape index (κ1) is 13.7. The Bertz CT molecular complexity index is 486. The van der Waals surface area contributed by atoms with Crippen LogP contribution in [0.25, 0.3) is 0 Å². The van der Waals surface area contributed by atoms with Crippen molar-refractivity contribution in [3.05, 3.63) is 17.5 Å². The summed E-state index contributed by atoms with van der Waals surface area (Å²) in [6.45, 7) is 5.44. The first-order chi connectivity index (χ1) is 10.3. The number of aromatic nitrogens is 1. The lowest BCUT2D eigenvalue weighted by Crippen LogP contribution is -2.43. The van der Waals surface area contributed by atoms with E-state index in [1.807, 2.05) is 13.0 Å². The van der Waals surface area contributed by atoms with Crippen LogP contribution in [0.1, 0.15) is 37.1 Å². The van der Waals surface area contributed by atoms with Crippen LogP contribution >= 0.6 is 0 Å². The number of hydrogen-bond donors (Lipinski definition) is 0. The molecule has 0 spiro atoms. The first-order valence-corrected chi connectivity index (χ1v) is 8.19. The van der Waals surface area contributed by atoms with Crippen LogP contribution in [0.15, 0.2) is 10.6 Å². The van der Waals surface area contributed by atoms with Gasteiger partial charge < -0.3 is 14.0 Å². The summed E-state index contributed by atoms with van der Waals surface area (Å²) in [5.41, 5.74) is 1.01. The average molecular weight is 292 g/mol. The molecule has 0 amide bonds. The molecule has 3 unspecified atom stereocenters. The van der Waals surface area contributed by atoms with Crippen molar-refractivity contribution in [2.75, 3.05) is 19.8 Å². The van der Waals surface area contributed by atoms with Gasteiger partial charge in [-0.1, -0.05) is 5.16 Å². The second-order valence-electron chi connectivity index (χ2n) is 6.69. The van der Waals surface area contributed by atoms with E-state index in [9.17, 15) is 0 Å². The largest absolute Gasteiger partial charge is 0.374 e. The SMILES string of the molecule is Cc1cc(CN2CCOC3CCC2C3OCC2CC2)no1. The van der Waals surface area contributed by atoms with Gasteiger partial charge in [-0.2, -0.15) is 0 Å². The van der Waals surface area contributed by atoms with Crippen molar-refractivity contribution in [1.82, 2.24) is 10.1 Å². The first-order valence-electron chi connectivity index (χ1n) is 8.19. The summed E-state index contributed by atoms with van der Waals surface area (Å²) < 4.78 is 17.4. The molecule has 3 aliphatic rings. The van der Waals surface area contributed by atoms with Gasteiger partial charge in [-0.25, -0.2) is 0 Å². The van der Waals surface area contributed by atoms with Crippen LogP contribution in [0, 0.1) is 12.8 Å². The van der Waals surface area contributed by atoms with E-state index in [-0.39, 0.29) is 12.2 Å². The standard InChI is InChI=1S/C16H24N2O3/c1-11-8-13(17-21-11)9-18-6-7-19-15-5-4-14(18)16(15)20-10-12-2-3-12/h8,12,14-16H,2-7,9-10H2,1H3. The number of fused-ring (bicyclic) bond motifs is 2. The third-order valence-corrected chi connectivity index (χ3v) is 4.94. The lowest BCUT2D eigenvalue weighted by Gasteiger charge is -2.30. The topological polar surface area (TPSA) is 47.7 Å². The van der Waals surface area contributed by atoms with Gasteiger partial charge in [0.2, 0.25) is 0 Å². The highest BCUT2D eigenvalue weighted by molar-refractivity contribution is 5.05. The summed E-state index contributed by atoms with van der Waals surface area (Å²) in [5, 5.41) is 4.13. The second-order valence-corrected chi connectivity index (χ2v) is 6.69. The zero-order valence-electron chi connectivity index (χ0n) is 12.7. The third-order valence-electron chi connectivity index (χ3n) is 4.94. The van der Waals surface area contributed by atoms with Gasteiger partial charge in [-0.15, -0.1) is 0 Å². The second kappa shape index (κ2) is 5.71. The van der Waals surface area contributed by atoms with E-state index in [2.05, 4.69) is 10.1 Å². The van der Waals surface area contributed by atoms with Crippen LogP contribution in [-0.4, -0.2) is 48.1 Å². The Morgan fingerprint density at radius 3 is 3.00 bits per heavy atom. The molecule has 0 radical (unpaired) electrons. The van der Waals surface area contributed by atoms with E-state index >= 15 is 0 Å². The normalized spacial score (nSPS) is 33.3. The molecule has 5 nitrogen and oxygen atoms in total. The zero-order chi connectivity index (χ0) is 14.2. The predicted octanol–water partition coefficient (Wildman–Crippen LogP) is 2.14. The Morgan fingerprint density at radius 1 is 1.33 bits per heavy atom. The molecule has 0 aromatic carbocycles. The molecule has 4 rings (SSSR count). The smallest absolute Gasteiger partial charge is 0.133 e. The van der Waals surface area contributed by atoms with Crippen molar-refractivity contribution in [2.24, 2.45) is 5.92 Å². The molecule has 2 bridgehead atoms. The molecule has 116 valence electrons. The summed E-state index contributed by atoms with van der Waals surface area (Å²) >= 11 is 0. The molecule has 1 aromatic rings. The van der Waals surface area contributed by atoms with Gasteiger partial charge in [0, 0.05) is 31.8 Å². The molecule has 5 heteroatoms. The van der Waals surface area contributed by atoms with Crippen molar-refractivity contribution in [1.29, 1.82) is 0 Å². The summed E-state index contributed by atoms with van der Waals surface area (Å²) in [4.78, 5) is 2.47. The Kier molecular flexibility index (Phi) is 3.73. The van der Waals surface area contributed by atoms with E-state index in [0.29, 0.717) is 6.04 Å². The van der Waals surface area contributed by atoms with Crippen LogP contribution < -0.4 is 0 Å². The highest BCUT2D eigenvalue weighted by atomic mass is 16.5. The van der Waals surface area contributed by atoms with E-state index in [0.717, 1.165) is 56.5 Å². The monoisotopic (exact) mass is 292 g/mol. The minimum atomic E-state index is 0.237. The zero-order valence-corrected chi connectivity index (χ0v) is 12.7. The Balaban J connectivity index is 1.44. The van der Waals surface area contributed by atoms with Gasteiger partial charge in [0.25, 0.3) is 0 Å². The maximum Gasteiger partial charge on any atom is 0.133 e. The molecule has 3 atom stereocenters. The number of nitrogens with zero attached hydrogens (tertiary/aromatic N) is 2. The van der Waals surface area contributed by atoms with Gasteiger partial charge in [0.1, 0.15) is 5.76 Å². The molecular weight excluding hydrogens is 268 g/mol. The molecule has 2 heterocycles. The van der Waals surface area contributed by atoms with Crippen LogP contribution in [0.3, 0.4) is 0 Å². The minimum absolute atomic E-state index is 0.237. The third kappa shape index (κ3) is 3.00. The Labute approximate surface area is 125 Å². The Morgan fingerprint density at radius 2 is 2.24 bits per heavy atom. The van der Waals surface area contributed by atoms with E-state index in [1.54, 1.807) is 0 Å². The van der Waals surface area contributed by atoms with Crippen LogP contribution in [0.2, 0.25) is 0 Å². The van der Waals surface area contributed by atoms with Crippen molar-refractivity contribution < 1.29 is 14.0 Å². The average Bonchev–Trinajstić information content (AvgIpc) is 3.10. The molecule has 0 N–H and O–H groups in total. The summed E-state index contributed by atoms with van der Waals surface area (Å²) in [5.74, 6) is 1.68. The van der Waals surface area contributed by atoms with Crippen molar-refractivity contribution >= 4 is 0 Å². The van der Waals surface area contributed by atoms with Crippen LogP contribution in [-0.2, 0) is 16.0 Å².